The van der Waals surface area contributed by atoms with Gasteiger partial charge in [-0.2, -0.15) is 4.98 Å². The number of rotatable bonds is 5. The van der Waals surface area contributed by atoms with Gasteiger partial charge in [-0.15, -0.1) is 0 Å². The average molecular weight is 319 g/mol. The van der Waals surface area contributed by atoms with Crippen molar-refractivity contribution in [3.8, 4) is 5.88 Å². The van der Waals surface area contributed by atoms with Crippen molar-refractivity contribution in [2.75, 3.05) is 7.11 Å². The Morgan fingerprint density at radius 2 is 2.22 bits per heavy atom. The van der Waals surface area contributed by atoms with Gasteiger partial charge in [-0.3, -0.25) is 9.36 Å². The van der Waals surface area contributed by atoms with E-state index in [0.29, 0.717) is 11.0 Å². The highest BCUT2D eigenvalue weighted by molar-refractivity contribution is 9.10. The molecule has 1 heterocycles. The molecule has 0 fully saturated rings. The minimum atomic E-state index is -1.05. The van der Waals surface area contributed by atoms with Gasteiger partial charge in [0.05, 0.1) is 7.11 Å². The van der Waals surface area contributed by atoms with Crippen LogP contribution in [0.2, 0.25) is 0 Å². The van der Waals surface area contributed by atoms with Crippen molar-refractivity contribution in [1.82, 2.24) is 9.55 Å². The zero-order valence-electron chi connectivity index (χ0n) is 10.4. The van der Waals surface area contributed by atoms with Gasteiger partial charge in [-0.05, 0) is 28.3 Å². The lowest BCUT2D eigenvalue weighted by atomic mass is 10.0. The fourth-order valence-corrected chi connectivity index (χ4v) is 1.98. The van der Waals surface area contributed by atoms with Crippen LogP contribution in [-0.4, -0.2) is 27.7 Å². The molecule has 1 N–H and O–H groups in total. The molecule has 0 saturated carbocycles. The fraction of sp³-hybridized carbons (Fsp3) is 0.545. The zero-order valence-corrected chi connectivity index (χ0v) is 12.0. The maximum Gasteiger partial charge on any atom is 0.326 e. The molecule has 6 nitrogen and oxygen atoms in total. The number of aliphatic carboxylic acids is 1. The Bertz CT molecular complexity index is 498. The predicted molar refractivity (Wildman–Crippen MR) is 68.9 cm³/mol. The third-order valence-corrected chi connectivity index (χ3v) is 2.76. The first kappa shape index (κ1) is 14.7. The number of carbonyl (C=O) groups is 1. The number of hydrogen-bond donors (Lipinski definition) is 1. The standard InChI is InChI=1S/C11H15BrN2O4/c1-6(2)4-7(11(16)17)14-5-8(12)13-9(18-3)10(14)15/h5-7H,4H2,1-3H3,(H,16,17)/t7-/m0/s1. The summed E-state index contributed by atoms with van der Waals surface area (Å²) in [5, 5.41) is 9.22. The Labute approximate surface area is 113 Å². The molecule has 0 aliphatic rings. The molecule has 1 aromatic heterocycles. The molecule has 0 radical (unpaired) electrons. The van der Waals surface area contributed by atoms with E-state index in [-0.39, 0.29) is 11.8 Å². The second-order valence-corrected chi connectivity index (χ2v) is 5.08. The van der Waals surface area contributed by atoms with Gasteiger partial charge in [0.2, 0.25) is 0 Å². The van der Waals surface area contributed by atoms with Gasteiger partial charge in [-0.1, -0.05) is 13.8 Å². The molecule has 100 valence electrons. The van der Waals surface area contributed by atoms with Gasteiger partial charge in [0.25, 0.3) is 5.88 Å². The Morgan fingerprint density at radius 1 is 1.61 bits per heavy atom. The average Bonchev–Trinajstić information content (AvgIpc) is 2.28. The molecule has 0 aliphatic heterocycles. The lowest BCUT2D eigenvalue weighted by Gasteiger charge is -2.18. The van der Waals surface area contributed by atoms with Crippen LogP contribution in [0.1, 0.15) is 26.3 Å². The van der Waals surface area contributed by atoms with E-state index in [2.05, 4.69) is 20.9 Å². The third-order valence-electron chi connectivity index (χ3n) is 2.38. The van der Waals surface area contributed by atoms with E-state index in [0.717, 1.165) is 4.57 Å². The van der Waals surface area contributed by atoms with Crippen LogP contribution in [-0.2, 0) is 4.79 Å². The van der Waals surface area contributed by atoms with Crippen LogP contribution in [0.3, 0.4) is 0 Å². The molecular formula is C11H15BrN2O4. The number of nitrogens with zero attached hydrogens (tertiary/aromatic N) is 2. The summed E-state index contributed by atoms with van der Waals surface area (Å²) >= 11 is 3.13. The molecule has 18 heavy (non-hydrogen) atoms. The van der Waals surface area contributed by atoms with Gasteiger partial charge >= 0.3 is 11.5 Å². The molecule has 0 aliphatic carbocycles. The highest BCUT2D eigenvalue weighted by atomic mass is 79.9. The van der Waals surface area contributed by atoms with Crippen molar-refractivity contribution in [1.29, 1.82) is 0 Å². The summed E-state index contributed by atoms with van der Waals surface area (Å²) in [6.07, 6.45) is 1.72. The molecule has 0 unspecified atom stereocenters. The number of ether oxygens (including phenoxy) is 1. The van der Waals surface area contributed by atoms with Crippen molar-refractivity contribution < 1.29 is 14.6 Å². The normalized spacial score (nSPS) is 12.5. The quantitative estimate of drug-likeness (QED) is 0.893. The first-order valence-electron chi connectivity index (χ1n) is 5.42. The molecule has 0 bridgehead atoms. The Hall–Kier alpha value is -1.37. The zero-order chi connectivity index (χ0) is 13.9. The highest BCUT2D eigenvalue weighted by Crippen LogP contribution is 2.19. The van der Waals surface area contributed by atoms with Crippen molar-refractivity contribution in [2.24, 2.45) is 5.92 Å². The van der Waals surface area contributed by atoms with E-state index in [1.165, 1.54) is 13.3 Å². The Kier molecular flexibility index (Phi) is 4.89. The largest absolute Gasteiger partial charge is 0.480 e. The molecule has 0 aromatic carbocycles. The van der Waals surface area contributed by atoms with Gasteiger partial charge in [-0.25, -0.2) is 4.79 Å². The lowest BCUT2D eigenvalue weighted by Crippen LogP contribution is -2.31. The summed E-state index contributed by atoms with van der Waals surface area (Å²) in [5.74, 6) is -1.03. The second kappa shape index (κ2) is 5.99. The van der Waals surface area contributed by atoms with Crippen LogP contribution in [0.15, 0.2) is 15.6 Å². The number of halogens is 1. The number of hydrogen-bond acceptors (Lipinski definition) is 4. The molecule has 0 amide bonds. The van der Waals surface area contributed by atoms with E-state index in [9.17, 15) is 14.7 Å². The molecule has 7 heteroatoms. The molecule has 1 rings (SSSR count). The Balaban J connectivity index is 3.32. The summed E-state index contributed by atoms with van der Waals surface area (Å²) in [7, 11) is 1.32. The SMILES string of the molecule is COc1nc(Br)cn([C@@H](CC(C)C)C(=O)O)c1=O. The van der Waals surface area contributed by atoms with E-state index in [1.54, 1.807) is 0 Å². The van der Waals surface area contributed by atoms with Crippen molar-refractivity contribution in [3.63, 3.8) is 0 Å². The van der Waals surface area contributed by atoms with E-state index < -0.39 is 17.6 Å². The van der Waals surface area contributed by atoms with Crippen LogP contribution < -0.4 is 10.3 Å². The maximum absolute atomic E-state index is 12.0. The summed E-state index contributed by atoms with van der Waals surface area (Å²) in [6, 6.07) is -0.925. The molecule has 1 atom stereocenters. The molecule has 0 saturated heterocycles. The van der Waals surface area contributed by atoms with Crippen LogP contribution in [0.4, 0.5) is 0 Å². The smallest absolute Gasteiger partial charge is 0.326 e. The fourth-order valence-electron chi connectivity index (χ4n) is 1.60. The predicted octanol–water partition coefficient (Wildman–Crippen LogP) is 1.69. The van der Waals surface area contributed by atoms with Crippen molar-refractivity contribution in [2.45, 2.75) is 26.3 Å². The lowest BCUT2D eigenvalue weighted by molar-refractivity contribution is -0.141. The summed E-state index contributed by atoms with van der Waals surface area (Å²) in [4.78, 5) is 27.1. The van der Waals surface area contributed by atoms with Crippen LogP contribution in [0, 0.1) is 5.92 Å². The third kappa shape index (κ3) is 3.32. The van der Waals surface area contributed by atoms with Gasteiger partial charge in [0, 0.05) is 6.20 Å². The van der Waals surface area contributed by atoms with E-state index in [1.807, 2.05) is 13.8 Å². The monoisotopic (exact) mass is 318 g/mol. The highest BCUT2D eigenvalue weighted by Gasteiger charge is 2.24. The summed E-state index contributed by atoms with van der Waals surface area (Å²) in [5.41, 5.74) is -0.547. The topological polar surface area (TPSA) is 81.4 Å². The van der Waals surface area contributed by atoms with E-state index in [4.69, 9.17) is 4.74 Å². The number of carboxylic acid groups (broad SMARTS) is 1. The number of aromatic nitrogens is 2. The van der Waals surface area contributed by atoms with Crippen LogP contribution in [0.25, 0.3) is 0 Å². The molecule has 1 aromatic rings. The van der Waals surface area contributed by atoms with Gasteiger partial charge in [0.15, 0.2) is 0 Å². The first-order valence-corrected chi connectivity index (χ1v) is 6.21. The first-order chi connectivity index (χ1) is 8.36. The molecule has 0 spiro atoms. The van der Waals surface area contributed by atoms with Crippen molar-refractivity contribution >= 4 is 21.9 Å². The minimum absolute atomic E-state index is 0.126. The number of methoxy groups -OCH3 is 1. The van der Waals surface area contributed by atoms with Crippen LogP contribution >= 0.6 is 15.9 Å². The summed E-state index contributed by atoms with van der Waals surface area (Å²) in [6.45, 7) is 3.79. The van der Waals surface area contributed by atoms with Gasteiger partial charge < -0.3 is 9.84 Å². The second-order valence-electron chi connectivity index (χ2n) is 4.27. The molecular weight excluding hydrogens is 304 g/mol. The Morgan fingerprint density at radius 3 is 2.67 bits per heavy atom. The van der Waals surface area contributed by atoms with E-state index >= 15 is 0 Å². The minimum Gasteiger partial charge on any atom is -0.480 e. The van der Waals surface area contributed by atoms with Gasteiger partial charge in [0.1, 0.15) is 10.6 Å². The number of carboxylic acids is 1. The van der Waals surface area contributed by atoms with Crippen molar-refractivity contribution in [3.05, 3.63) is 21.2 Å². The van der Waals surface area contributed by atoms with Crippen LogP contribution in [0.5, 0.6) is 5.88 Å². The maximum atomic E-state index is 12.0. The summed E-state index contributed by atoms with van der Waals surface area (Å²) < 4.78 is 6.33.